The lowest BCUT2D eigenvalue weighted by atomic mass is 10.1. The summed E-state index contributed by atoms with van der Waals surface area (Å²) in [6.45, 7) is 1.58. The predicted octanol–water partition coefficient (Wildman–Crippen LogP) is 8.27. The van der Waals surface area contributed by atoms with Crippen molar-refractivity contribution in [2.24, 2.45) is 0 Å². The molecule has 0 unspecified atom stereocenters. The molecule has 0 amide bonds. The third kappa shape index (κ3) is 9.37. The largest absolute Gasteiger partial charge is 0.491 e. The Kier molecular flexibility index (Phi) is 12.8. The molecule has 260 valence electrons. The second kappa shape index (κ2) is 18.0. The van der Waals surface area contributed by atoms with Gasteiger partial charge in [-0.25, -0.2) is 0 Å². The number of para-hydroxylation sites is 2. The molecule has 0 aliphatic rings. The predicted molar refractivity (Wildman–Crippen MR) is 211 cm³/mol. The van der Waals surface area contributed by atoms with Crippen LogP contribution in [0, 0.1) is 0 Å². The molecule has 6 rings (SSSR count). The number of aryl methyl sites for hydroxylation is 2. The molecular weight excluding hydrogens is 670 g/mol. The van der Waals surface area contributed by atoms with Gasteiger partial charge in [0, 0.05) is 33.5 Å². The SMILES string of the molecule is O=P(CCc1ccccc1OCCOCCOc1ccccc1CCP(=O)(c1ccccc1)c1ccccc1)(c1ccccc1)c1ccccc1. The summed E-state index contributed by atoms with van der Waals surface area (Å²) in [5.74, 6) is 1.56. The van der Waals surface area contributed by atoms with Gasteiger partial charge in [0.25, 0.3) is 0 Å². The van der Waals surface area contributed by atoms with Crippen molar-refractivity contribution < 1.29 is 23.3 Å². The Balaban J connectivity index is 0.990. The van der Waals surface area contributed by atoms with E-state index < -0.39 is 14.3 Å². The summed E-state index contributed by atoms with van der Waals surface area (Å²) < 4.78 is 47.2. The van der Waals surface area contributed by atoms with E-state index in [9.17, 15) is 9.13 Å². The van der Waals surface area contributed by atoms with Crippen LogP contribution >= 0.6 is 14.3 Å². The van der Waals surface area contributed by atoms with Crippen LogP contribution in [-0.2, 0) is 26.7 Å². The Morgan fingerprint density at radius 1 is 0.353 bits per heavy atom. The van der Waals surface area contributed by atoms with Gasteiger partial charge in [0.05, 0.1) is 13.2 Å². The zero-order valence-corrected chi connectivity index (χ0v) is 30.5. The van der Waals surface area contributed by atoms with E-state index in [4.69, 9.17) is 14.2 Å². The van der Waals surface area contributed by atoms with Crippen molar-refractivity contribution >= 4 is 35.5 Å². The first-order chi connectivity index (χ1) is 25.1. The topological polar surface area (TPSA) is 61.8 Å². The van der Waals surface area contributed by atoms with Crippen LogP contribution in [-0.4, -0.2) is 38.8 Å². The Hall–Kier alpha value is -4.66. The van der Waals surface area contributed by atoms with E-state index >= 15 is 0 Å². The van der Waals surface area contributed by atoms with Crippen molar-refractivity contribution in [2.75, 3.05) is 38.8 Å². The van der Waals surface area contributed by atoms with Crippen molar-refractivity contribution in [1.29, 1.82) is 0 Å². The highest BCUT2D eigenvalue weighted by Gasteiger charge is 2.28. The van der Waals surface area contributed by atoms with Gasteiger partial charge in [-0.05, 0) is 36.1 Å². The minimum absolute atomic E-state index is 0.386. The van der Waals surface area contributed by atoms with E-state index in [1.54, 1.807) is 0 Å². The molecular formula is C44H44O5P2. The van der Waals surface area contributed by atoms with Crippen molar-refractivity contribution in [3.8, 4) is 11.5 Å². The molecule has 0 fully saturated rings. The molecule has 5 nitrogen and oxygen atoms in total. The van der Waals surface area contributed by atoms with Gasteiger partial charge >= 0.3 is 0 Å². The first-order valence-corrected chi connectivity index (χ1v) is 21.2. The summed E-state index contributed by atoms with van der Waals surface area (Å²) in [7, 11) is -5.66. The van der Waals surface area contributed by atoms with Crippen LogP contribution in [0.15, 0.2) is 170 Å². The molecule has 0 bridgehead atoms. The molecule has 0 aromatic heterocycles. The maximum Gasteiger partial charge on any atom is 0.143 e. The summed E-state index contributed by atoms with van der Waals surface area (Å²) >= 11 is 0. The minimum Gasteiger partial charge on any atom is -0.491 e. The van der Waals surface area contributed by atoms with Crippen LogP contribution < -0.4 is 30.7 Å². The molecule has 7 heteroatoms. The van der Waals surface area contributed by atoms with Gasteiger partial charge in [-0.3, -0.25) is 0 Å². The summed E-state index contributed by atoms with van der Waals surface area (Å²) in [5, 5.41) is 3.47. The molecule has 0 radical (unpaired) electrons. The second-order valence-electron chi connectivity index (χ2n) is 12.3. The average Bonchev–Trinajstić information content (AvgIpc) is 3.20. The van der Waals surface area contributed by atoms with Gasteiger partial charge in [0.2, 0.25) is 0 Å². The van der Waals surface area contributed by atoms with Gasteiger partial charge in [0.1, 0.15) is 39.0 Å². The molecule has 0 heterocycles. The van der Waals surface area contributed by atoms with Crippen molar-refractivity contribution in [3.63, 3.8) is 0 Å². The average molecular weight is 715 g/mol. The highest BCUT2D eigenvalue weighted by molar-refractivity contribution is 7.79. The van der Waals surface area contributed by atoms with E-state index in [-0.39, 0.29) is 0 Å². The fraction of sp³-hybridized carbons (Fsp3) is 0.182. The lowest BCUT2D eigenvalue weighted by Crippen LogP contribution is -2.19. The van der Waals surface area contributed by atoms with E-state index in [0.29, 0.717) is 51.6 Å². The second-order valence-corrected chi connectivity index (χ2v) is 18.2. The fourth-order valence-electron chi connectivity index (χ4n) is 6.27. The molecule has 51 heavy (non-hydrogen) atoms. The van der Waals surface area contributed by atoms with Crippen molar-refractivity contribution in [2.45, 2.75) is 12.8 Å². The summed E-state index contributed by atoms with van der Waals surface area (Å²) in [6, 6.07) is 55.0. The van der Waals surface area contributed by atoms with E-state index in [0.717, 1.165) is 43.8 Å². The summed E-state index contributed by atoms with van der Waals surface area (Å²) in [4.78, 5) is 0. The minimum atomic E-state index is -2.83. The maximum absolute atomic E-state index is 14.5. The zero-order chi connectivity index (χ0) is 35.2. The van der Waals surface area contributed by atoms with Gasteiger partial charge in [-0.1, -0.05) is 158 Å². The summed E-state index contributed by atoms with van der Waals surface area (Å²) in [6.07, 6.45) is 2.26. The molecule has 6 aromatic rings. The number of benzene rings is 6. The Morgan fingerprint density at radius 2 is 0.647 bits per heavy atom. The smallest absolute Gasteiger partial charge is 0.143 e. The number of hydrogen-bond donors (Lipinski definition) is 0. The first-order valence-electron chi connectivity index (χ1n) is 17.5. The Bertz CT molecular complexity index is 1800. The molecule has 0 saturated heterocycles. The monoisotopic (exact) mass is 714 g/mol. The lowest BCUT2D eigenvalue weighted by molar-refractivity contribution is 0.0760. The maximum atomic E-state index is 14.5. The number of ether oxygens (including phenoxy) is 3. The van der Waals surface area contributed by atoms with Crippen molar-refractivity contribution in [3.05, 3.63) is 181 Å². The van der Waals surface area contributed by atoms with Crippen LogP contribution in [0.25, 0.3) is 0 Å². The van der Waals surface area contributed by atoms with Gasteiger partial charge in [-0.2, -0.15) is 0 Å². The number of hydrogen-bond acceptors (Lipinski definition) is 5. The zero-order valence-electron chi connectivity index (χ0n) is 28.8. The fourth-order valence-corrected chi connectivity index (χ4v) is 11.6. The van der Waals surface area contributed by atoms with Crippen LogP contribution in [0.3, 0.4) is 0 Å². The normalized spacial score (nSPS) is 11.6. The molecule has 0 aliphatic carbocycles. The van der Waals surface area contributed by atoms with Gasteiger partial charge in [0.15, 0.2) is 0 Å². The first kappa shape index (κ1) is 36.1. The molecule has 0 N–H and O–H groups in total. The van der Waals surface area contributed by atoms with Crippen LogP contribution in [0.5, 0.6) is 11.5 Å². The van der Waals surface area contributed by atoms with Crippen LogP contribution in [0.1, 0.15) is 11.1 Å². The van der Waals surface area contributed by atoms with Crippen LogP contribution in [0.2, 0.25) is 0 Å². The molecule has 0 aliphatic heterocycles. The van der Waals surface area contributed by atoms with Gasteiger partial charge < -0.3 is 23.3 Å². The molecule has 0 saturated carbocycles. The van der Waals surface area contributed by atoms with E-state index in [2.05, 4.69) is 0 Å². The number of rotatable bonds is 18. The van der Waals surface area contributed by atoms with Gasteiger partial charge in [-0.15, -0.1) is 0 Å². The third-order valence-corrected chi connectivity index (χ3v) is 15.2. The lowest BCUT2D eigenvalue weighted by Gasteiger charge is -2.20. The quantitative estimate of drug-likeness (QED) is 0.0663. The molecule has 0 spiro atoms. The summed E-state index contributed by atoms with van der Waals surface area (Å²) in [5.41, 5.74) is 2.04. The van der Waals surface area contributed by atoms with Crippen LogP contribution in [0.4, 0.5) is 0 Å². The Labute approximate surface area is 302 Å². The van der Waals surface area contributed by atoms with Crippen molar-refractivity contribution in [1.82, 2.24) is 0 Å². The van der Waals surface area contributed by atoms with E-state index in [1.807, 2.05) is 170 Å². The highest BCUT2D eigenvalue weighted by atomic mass is 31.2. The Morgan fingerprint density at radius 3 is 0.980 bits per heavy atom. The molecule has 6 aromatic carbocycles. The highest BCUT2D eigenvalue weighted by Crippen LogP contribution is 2.45. The van der Waals surface area contributed by atoms with E-state index in [1.165, 1.54) is 0 Å². The third-order valence-electron chi connectivity index (χ3n) is 9.00. The standard InChI is InChI=1S/C44H44O5P2/c45-50(39-19-5-1-6-20-39,40-21-7-2-8-22-40)35-29-37-17-13-15-27-43(37)48-33-31-47-32-34-49-44-28-16-14-18-38(44)30-36-51(46,41-23-9-3-10-24-41)42-25-11-4-12-26-42/h1-28H,29-36H2. The molecule has 0 atom stereocenters.